The Morgan fingerprint density at radius 1 is 1.10 bits per heavy atom. The first-order chi connectivity index (χ1) is 19.6. The molecule has 220 valence electrons. The second-order valence-electron chi connectivity index (χ2n) is 11.0. The van der Waals surface area contributed by atoms with Crippen molar-refractivity contribution in [3.05, 3.63) is 51.6 Å². The molecule has 1 saturated heterocycles. The summed E-state index contributed by atoms with van der Waals surface area (Å²) < 4.78 is 8.36. The molecular weight excluding hydrogens is 637 g/mol. The van der Waals surface area contributed by atoms with E-state index >= 15 is 0 Å². The van der Waals surface area contributed by atoms with Gasteiger partial charge < -0.3 is 25.6 Å². The molecule has 1 aliphatic rings. The van der Waals surface area contributed by atoms with E-state index in [1.54, 1.807) is 17.3 Å². The number of imidazole rings is 1. The van der Waals surface area contributed by atoms with Gasteiger partial charge >= 0.3 is 6.09 Å². The summed E-state index contributed by atoms with van der Waals surface area (Å²) in [7, 11) is 0. The topological polar surface area (TPSA) is 130 Å². The second-order valence-corrected chi connectivity index (χ2v) is 12.1. The van der Waals surface area contributed by atoms with Crippen LogP contribution in [0.5, 0.6) is 0 Å². The Morgan fingerprint density at radius 2 is 1.83 bits per heavy atom. The van der Waals surface area contributed by atoms with Gasteiger partial charge in [-0.15, -0.1) is 0 Å². The Hall–Kier alpha value is -3.42. The third-order valence-electron chi connectivity index (χ3n) is 6.83. The van der Waals surface area contributed by atoms with Crippen molar-refractivity contribution >= 4 is 57.7 Å². The average Bonchev–Trinajstić information content (AvgIpc) is 3.33. The molecule has 0 spiro atoms. The van der Waals surface area contributed by atoms with Crippen molar-refractivity contribution in [1.82, 2.24) is 29.9 Å². The first kappa shape index (κ1) is 30.5. The highest BCUT2D eigenvalue weighted by molar-refractivity contribution is 14.1. The van der Waals surface area contributed by atoms with E-state index in [0.29, 0.717) is 63.2 Å². The van der Waals surface area contributed by atoms with E-state index in [1.165, 1.54) is 0 Å². The van der Waals surface area contributed by atoms with Gasteiger partial charge in [-0.1, -0.05) is 6.92 Å². The van der Waals surface area contributed by atoms with Crippen molar-refractivity contribution < 1.29 is 19.1 Å². The molecular formula is C29H38IN7O4. The predicted molar refractivity (Wildman–Crippen MR) is 165 cm³/mol. The Labute approximate surface area is 254 Å². The van der Waals surface area contributed by atoms with E-state index in [1.807, 2.05) is 56.5 Å². The number of nitrogens with one attached hydrogen (secondary N) is 3. The van der Waals surface area contributed by atoms with Crippen molar-refractivity contribution in [2.75, 3.05) is 31.5 Å². The fourth-order valence-corrected chi connectivity index (χ4v) is 5.22. The fourth-order valence-electron chi connectivity index (χ4n) is 4.69. The van der Waals surface area contributed by atoms with Crippen LogP contribution in [0, 0.1) is 9.62 Å². The van der Waals surface area contributed by atoms with E-state index < -0.39 is 5.60 Å². The van der Waals surface area contributed by atoms with Crippen LogP contribution in [0.2, 0.25) is 0 Å². The number of amides is 3. The number of piperidine rings is 1. The van der Waals surface area contributed by atoms with Crippen molar-refractivity contribution in [1.29, 1.82) is 0 Å². The number of carbonyl (C=O) groups is 3. The number of nitrogens with zero attached hydrogens (tertiary/aromatic N) is 4. The Kier molecular flexibility index (Phi) is 10.1. The zero-order valence-electron chi connectivity index (χ0n) is 24.0. The number of aryl methyl sites for hydroxylation is 1. The smallest absolute Gasteiger partial charge is 0.410 e. The molecule has 3 aromatic rings. The summed E-state index contributed by atoms with van der Waals surface area (Å²) in [5.41, 5.74) is 2.57. The molecule has 3 N–H and O–H groups in total. The first-order valence-electron chi connectivity index (χ1n) is 14.0. The monoisotopic (exact) mass is 675 g/mol. The van der Waals surface area contributed by atoms with Gasteiger partial charge in [-0.3, -0.25) is 14.0 Å². The summed E-state index contributed by atoms with van der Waals surface area (Å²) in [6.45, 7) is 9.47. The zero-order valence-corrected chi connectivity index (χ0v) is 26.2. The van der Waals surface area contributed by atoms with Crippen LogP contribution in [-0.4, -0.2) is 69.0 Å². The van der Waals surface area contributed by atoms with Gasteiger partial charge in [-0.2, -0.15) is 0 Å². The molecule has 0 unspecified atom stereocenters. The lowest BCUT2D eigenvalue weighted by atomic mass is 9.96. The molecule has 0 bridgehead atoms. The number of anilines is 2. The molecule has 41 heavy (non-hydrogen) atoms. The number of carbonyl (C=O) groups excluding carboxylic acids is 3. The summed E-state index contributed by atoms with van der Waals surface area (Å²) in [6, 6.07) is 5.64. The number of hydrogen-bond acceptors (Lipinski definition) is 7. The number of likely N-dealkylation sites (tertiary alicyclic amines) is 1. The number of benzene rings is 1. The molecule has 0 aliphatic carbocycles. The number of rotatable bonds is 9. The Morgan fingerprint density at radius 3 is 2.54 bits per heavy atom. The van der Waals surface area contributed by atoms with E-state index in [4.69, 9.17) is 4.74 Å². The van der Waals surface area contributed by atoms with Gasteiger partial charge in [0.05, 0.1) is 6.20 Å². The van der Waals surface area contributed by atoms with E-state index in [2.05, 4.69) is 48.5 Å². The zero-order chi connectivity index (χ0) is 29.6. The molecule has 1 aromatic carbocycles. The first-order valence-corrected chi connectivity index (χ1v) is 15.0. The summed E-state index contributed by atoms with van der Waals surface area (Å²) >= 11 is 2.22. The summed E-state index contributed by atoms with van der Waals surface area (Å²) in [4.78, 5) is 48.2. The third-order valence-corrected chi connectivity index (χ3v) is 7.63. The third kappa shape index (κ3) is 8.08. The van der Waals surface area contributed by atoms with Crippen molar-refractivity contribution in [2.24, 2.45) is 5.92 Å². The molecule has 2 aromatic heterocycles. The van der Waals surface area contributed by atoms with Crippen LogP contribution in [0.15, 0.2) is 36.8 Å². The minimum absolute atomic E-state index is 0.00762. The molecule has 1 fully saturated rings. The van der Waals surface area contributed by atoms with E-state index in [0.717, 1.165) is 20.6 Å². The molecule has 0 radical (unpaired) electrons. The number of halogens is 1. The minimum atomic E-state index is -0.535. The number of aromatic nitrogens is 3. The number of ether oxygens (including phenoxy) is 1. The standard InChI is InChI=1S/C29H38IN7O4/c1-5-19-17-21(35-24-25-34-18-23(30)37(25)16-13-31-24)7-8-22(19)27(39)33-12-6-11-32-26(38)20-9-14-36(15-10-20)28(40)41-29(2,3)4/h7-8,13,16-18,20H,5-6,9-12,14-15H2,1-4H3,(H,31,35)(H,32,38)(H,33,39). The largest absolute Gasteiger partial charge is 0.444 e. The molecule has 4 rings (SSSR count). The summed E-state index contributed by atoms with van der Waals surface area (Å²) in [5.74, 6) is 0.371. The van der Waals surface area contributed by atoms with Crippen molar-refractivity contribution in [2.45, 2.75) is 59.0 Å². The molecule has 11 nitrogen and oxygen atoms in total. The number of hydrogen-bond donors (Lipinski definition) is 3. The maximum absolute atomic E-state index is 12.9. The highest BCUT2D eigenvalue weighted by Crippen LogP contribution is 2.23. The van der Waals surface area contributed by atoms with Gasteiger partial charge in [-0.05, 0) is 92.8 Å². The fraction of sp³-hybridized carbons (Fsp3) is 0.483. The van der Waals surface area contributed by atoms with Crippen LogP contribution in [-0.2, 0) is 16.0 Å². The van der Waals surface area contributed by atoms with Crippen LogP contribution in [0.25, 0.3) is 5.65 Å². The Balaban J connectivity index is 1.20. The SMILES string of the molecule is CCc1cc(Nc2nccn3c(I)cnc23)ccc1C(=O)NCCCNC(=O)C1CCN(C(=O)OC(C)(C)C)CC1. The highest BCUT2D eigenvalue weighted by Gasteiger charge is 2.29. The molecule has 12 heteroatoms. The van der Waals surface area contributed by atoms with Crippen LogP contribution in [0.4, 0.5) is 16.3 Å². The summed E-state index contributed by atoms with van der Waals surface area (Å²) in [6.07, 6.45) is 7.58. The van der Waals surface area contributed by atoms with Crippen LogP contribution >= 0.6 is 22.6 Å². The quantitative estimate of drug-likeness (QED) is 0.225. The van der Waals surface area contributed by atoms with Crippen LogP contribution in [0.3, 0.4) is 0 Å². The van der Waals surface area contributed by atoms with Gasteiger partial charge in [0, 0.05) is 55.7 Å². The lowest BCUT2D eigenvalue weighted by Gasteiger charge is -2.32. The lowest BCUT2D eigenvalue weighted by molar-refractivity contribution is -0.126. The second kappa shape index (κ2) is 13.5. The van der Waals surface area contributed by atoms with Gasteiger partial charge in [0.1, 0.15) is 9.30 Å². The maximum Gasteiger partial charge on any atom is 0.410 e. The van der Waals surface area contributed by atoms with Gasteiger partial charge in [0.25, 0.3) is 5.91 Å². The van der Waals surface area contributed by atoms with E-state index in [9.17, 15) is 14.4 Å². The lowest BCUT2D eigenvalue weighted by Crippen LogP contribution is -2.45. The van der Waals surface area contributed by atoms with Crippen LogP contribution in [0.1, 0.15) is 62.9 Å². The average molecular weight is 676 g/mol. The molecule has 3 amide bonds. The Bertz CT molecular complexity index is 1390. The maximum atomic E-state index is 12.9. The van der Waals surface area contributed by atoms with Crippen molar-refractivity contribution in [3.63, 3.8) is 0 Å². The molecule has 0 saturated carbocycles. The predicted octanol–water partition coefficient (Wildman–Crippen LogP) is 4.52. The van der Waals surface area contributed by atoms with Gasteiger partial charge in [0.2, 0.25) is 5.91 Å². The minimum Gasteiger partial charge on any atom is -0.444 e. The van der Waals surface area contributed by atoms with Gasteiger partial charge in [-0.25, -0.2) is 14.8 Å². The van der Waals surface area contributed by atoms with Crippen molar-refractivity contribution in [3.8, 4) is 0 Å². The molecule has 0 atom stereocenters. The van der Waals surface area contributed by atoms with Gasteiger partial charge in [0.15, 0.2) is 11.5 Å². The normalized spacial score (nSPS) is 14.1. The molecule has 1 aliphatic heterocycles. The van der Waals surface area contributed by atoms with Crippen LogP contribution < -0.4 is 16.0 Å². The number of fused-ring (bicyclic) bond motifs is 1. The summed E-state index contributed by atoms with van der Waals surface area (Å²) in [5, 5.41) is 9.25. The molecule has 3 heterocycles. The highest BCUT2D eigenvalue weighted by atomic mass is 127. The van der Waals surface area contributed by atoms with E-state index in [-0.39, 0.29) is 23.8 Å².